The summed E-state index contributed by atoms with van der Waals surface area (Å²) in [5.41, 5.74) is -0.160. The molecule has 0 bridgehead atoms. The van der Waals surface area contributed by atoms with E-state index in [0.717, 1.165) is 12.8 Å². The molecular formula is C10H22O5Si. The molecule has 6 heteroatoms. The van der Waals surface area contributed by atoms with Gasteiger partial charge in [-0.25, -0.2) is 0 Å². The lowest BCUT2D eigenvalue weighted by molar-refractivity contribution is -0.0304. The average molecular weight is 250 g/mol. The Balaban J connectivity index is 2.64. The topological polar surface area (TPSA) is 49.5 Å². The summed E-state index contributed by atoms with van der Waals surface area (Å²) in [4.78, 5) is 0. The van der Waals surface area contributed by atoms with Crippen LogP contribution in [0.2, 0.25) is 0 Å². The largest absolute Gasteiger partial charge is 0.530 e. The summed E-state index contributed by atoms with van der Waals surface area (Å²) in [5, 5.41) is 0. The molecule has 0 aliphatic carbocycles. The third-order valence-corrected chi connectivity index (χ3v) is 5.67. The molecule has 0 saturated carbocycles. The van der Waals surface area contributed by atoms with Crippen LogP contribution in [-0.2, 0) is 22.8 Å². The van der Waals surface area contributed by atoms with E-state index in [4.69, 9.17) is 22.8 Å². The van der Waals surface area contributed by atoms with Crippen LogP contribution in [0.4, 0.5) is 0 Å². The molecule has 0 radical (unpaired) electrons. The highest BCUT2D eigenvalue weighted by Gasteiger charge is 2.52. The predicted molar refractivity (Wildman–Crippen MR) is 60.9 cm³/mol. The van der Waals surface area contributed by atoms with Gasteiger partial charge in [0, 0.05) is 21.3 Å². The molecule has 1 aliphatic rings. The maximum absolute atomic E-state index is 5.82. The van der Waals surface area contributed by atoms with Gasteiger partial charge in [0.15, 0.2) is 6.29 Å². The first-order valence-electron chi connectivity index (χ1n) is 5.59. The number of epoxide rings is 1. The van der Waals surface area contributed by atoms with Crippen molar-refractivity contribution in [2.75, 3.05) is 21.3 Å². The van der Waals surface area contributed by atoms with Crippen molar-refractivity contribution < 1.29 is 22.8 Å². The molecule has 3 unspecified atom stereocenters. The molecule has 0 aromatic carbocycles. The van der Waals surface area contributed by atoms with Crippen molar-refractivity contribution >= 4 is 8.80 Å². The zero-order valence-corrected chi connectivity index (χ0v) is 11.7. The van der Waals surface area contributed by atoms with Gasteiger partial charge in [0.2, 0.25) is 0 Å². The summed E-state index contributed by atoms with van der Waals surface area (Å²) in [6, 6.07) is 0. The van der Waals surface area contributed by atoms with E-state index in [1.807, 2.05) is 6.92 Å². The molecule has 1 aliphatic heterocycles. The Hall–Kier alpha value is 0.0169. The van der Waals surface area contributed by atoms with E-state index in [-0.39, 0.29) is 18.1 Å². The van der Waals surface area contributed by atoms with Crippen molar-refractivity contribution in [2.45, 2.75) is 44.8 Å². The van der Waals surface area contributed by atoms with Gasteiger partial charge in [0.1, 0.15) is 11.8 Å². The SMILES string of the molecule is CCCC(OC1OC1C)[Si](OC)(OC)OC. The first kappa shape index (κ1) is 14.1. The van der Waals surface area contributed by atoms with E-state index >= 15 is 0 Å². The monoisotopic (exact) mass is 250 g/mol. The van der Waals surface area contributed by atoms with E-state index in [0.29, 0.717) is 0 Å². The lowest BCUT2D eigenvalue weighted by Crippen LogP contribution is -2.55. The number of hydrogen-bond donors (Lipinski definition) is 0. The van der Waals surface area contributed by atoms with Crippen molar-refractivity contribution in [1.29, 1.82) is 0 Å². The molecule has 0 N–H and O–H groups in total. The Morgan fingerprint density at radius 2 is 1.69 bits per heavy atom. The third kappa shape index (κ3) is 3.03. The highest BCUT2D eigenvalue weighted by Crippen LogP contribution is 2.29. The van der Waals surface area contributed by atoms with E-state index in [1.165, 1.54) is 0 Å². The van der Waals surface area contributed by atoms with Crippen molar-refractivity contribution in [3.05, 3.63) is 0 Å². The van der Waals surface area contributed by atoms with Crippen LogP contribution < -0.4 is 0 Å². The number of ether oxygens (including phenoxy) is 2. The smallest absolute Gasteiger partial charge is 0.375 e. The zero-order valence-electron chi connectivity index (χ0n) is 10.7. The minimum Gasteiger partial charge on any atom is -0.375 e. The normalized spacial score (nSPS) is 26.8. The average Bonchev–Trinajstić information content (AvgIpc) is 2.98. The van der Waals surface area contributed by atoms with Crippen molar-refractivity contribution in [2.24, 2.45) is 0 Å². The molecular weight excluding hydrogens is 228 g/mol. The maximum atomic E-state index is 5.82. The van der Waals surface area contributed by atoms with Crippen LogP contribution in [0.3, 0.4) is 0 Å². The molecule has 96 valence electrons. The van der Waals surface area contributed by atoms with Crippen LogP contribution in [0.5, 0.6) is 0 Å². The lowest BCUT2D eigenvalue weighted by Gasteiger charge is -2.31. The van der Waals surface area contributed by atoms with E-state index < -0.39 is 8.80 Å². The molecule has 0 amide bonds. The second-order valence-electron chi connectivity index (χ2n) is 3.84. The van der Waals surface area contributed by atoms with Gasteiger partial charge in [-0.2, -0.15) is 0 Å². The van der Waals surface area contributed by atoms with Crippen LogP contribution in [0.25, 0.3) is 0 Å². The minimum absolute atomic E-state index is 0.135. The van der Waals surface area contributed by atoms with E-state index in [2.05, 4.69) is 6.92 Å². The Morgan fingerprint density at radius 1 is 1.19 bits per heavy atom. The predicted octanol–water partition coefficient (Wildman–Crippen LogP) is 1.33. The summed E-state index contributed by atoms with van der Waals surface area (Å²) in [6.45, 7) is 4.07. The summed E-state index contributed by atoms with van der Waals surface area (Å²) in [5.74, 6) is 0. The molecule has 16 heavy (non-hydrogen) atoms. The number of hydrogen-bond acceptors (Lipinski definition) is 5. The Morgan fingerprint density at radius 3 is 2.00 bits per heavy atom. The molecule has 0 aromatic rings. The highest BCUT2D eigenvalue weighted by atomic mass is 28.4. The summed E-state index contributed by atoms with van der Waals surface area (Å²) in [6.07, 6.45) is 1.85. The van der Waals surface area contributed by atoms with Gasteiger partial charge < -0.3 is 22.8 Å². The Labute approximate surface area is 98.3 Å². The fraction of sp³-hybridized carbons (Fsp3) is 1.00. The van der Waals surface area contributed by atoms with Crippen LogP contribution >= 0.6 is 0 Å². The standard InChI is InChI=1S/C10H22O5Si/c1-6-7-9(15-10-8(2)14-10)16(11-3,12-4)13-5/h8-10H,6-7H2,1-5H3. The summed E-state index contributed by atoms with van der Waals surface area (Å²) in [7, 11) is 2.08. The second-order valence-corrected chi connectivity index (χ2v) is 6.91. The van der Waals surface area contributed by atoms with Crippen LogP contribution in [-0.4, -0.2) is 48.3 Å². The van der Waals surface area contributed by atoms with Gasteiger partial charge >= 0.3 is 8.80 Å². The van der Waals surface area contributed by atoms with Crippen molar-refractivity contribution in [3.63, 3.8) is 0 Å². The zero-order chi connectivity index (χ0) is 12.2. The van der Waals surface area contributed by atoms with Gasteiger partial charge in [0.05, 0.1) is 0 Å². The molecule has 1 fully saturated rings. The van der Waals surface area contributed by atoms with Gasteiger partial charge in [-0.1, -0.05) is 13.3 Å². The van der Waals surface area contributed by atoms with Crippen LogP contribution in [0, 0.1) is 0 Å². The molecule has 1 rings (SSSR count). The van der Waals surface area contributed by atoms with E-state index in [9.17, 15) is 0 Å². The third-order valence-electron chi connectivity index (χ3n) is 2.75. The first-order valence-corrected chi connectivity index (χ1v) is 7.40. The quantitative estimate of drug-likeness (QED) is 0.480. The van der Waals surface area contributed by atoms with Gasteiger partial charge in [0.25, 0.3) is 0 Å². The van der Waals surface area contributed by atoms with Crippen molar-refractivity contribution in [1.82, 2.24) is 0 Å². The van der Waals surface area contributed by atoms with Gasteiger partial charge in [-0.15, -0.1) is 0 Å². The maximum Gasteiger partial charge on any atom is 0.530 e. The van der Waals surface area contributed by atoms with Crippen molar-refractivity contribution in [3.8, 4) is 0 Å². The fourth-order valence-electron chi connectivity index (χ4n) is 1.71. The fourth-order valence-corrected chi connectivity index (χ4v) is 3.94. The molecule has 5 nitrogen and oxygen atoms in total. The summed E-state index contributed by atoms with van der Waals surface area (Å²) >= 11 is 0. The minimum atomic E-state index is -2.72. The molecule has 1 heterocycles. The van der Waals surface area contributed by atoms with Gasteiger partial charge in [-0.05, 0) is 13.3 Å². The molecule has 0 aromatic heterocycles. The molecule has 1 saturated heterocycles. The molecule has 0 spiro atoms. The number of rotatable bonds is 8. The Kier molecular flexibility index (Phi) is 5.36. The van der Waals surface area contributed by atoms with Crippen LogP contribution in [0.1, 0.15) is 26.7 Å². The lowest BCUT2D eigenvalue weighted by atomic mass is 10.3. The van der Waals surface area contributed by atoms with Gasteiger partial charge in [-0.3, -0.25) is 0 Å². The second kappa shape index (κ2) is 6.09. The Bertz CT molecular complexity index is 201. The molecule has 3 atom stereocenters. The highest BCUT2D eigenvalue weighted by molar-refractivity contribution is 6.62. The summed E-state index contributed by atoms with van der Waals surface area (Å²) < 4.78 is 27.4. The van der Waals surface area contributed by atoms with Crippen LogP contribution in [0.15, 0.2) is 0 Å². The first-order chi connectivity index (χ1) is 7.63. The van der Waals surface area contributed by atoms with E-state index in [1.54, 1.807) is 21.3 Å².